The Kier molecular flexibility index (Phi) is 5.31. The third-order valence-corrected chi connectivity index (χ3v) is 4.23. The van der Waals surface area contributed by atoms with Crippen LogP contribution in [0.1, 0.15) is 37.8 Å². The van der Waals surface area contributed by atoms with Crippen LogP contribution in [0, 0.1) is 5.92 Å². The van der Waals surface area contributed by atoms with Gasteiger partial charge in [0.05, 0.1) is 6.04 Å². The van der Waals surface area contributed by atoms with E-state index in [9.17, 15) is 9.90 Å². The molecule has 116 valence electrons. The molecule has 0 bridgehead atoms. The monoisotopic (exact) mass is 293 g/mol. The van der Waals surface area contributed by atoms with Gasteiger partial charge in [0.1, 0.15) is 6.54 Å². The van der Waals surface area contributed by atoms with E-state index in [1.54, 1.807) is 11.9 Å². The predicted octanol–water partition coefficient (Wildman–Crippen LogP) is 1.26. The van der Waals surface area contributed by atoms with Crippen molar-refractivity contribution in [3.63, 3.8) is 0 Å². The minimum absolute atomic E-state index is 0.0464. The van der Waals surface area contributed by atoms with Gasteiger partial charge in [0.2, 0.25) is 5.91 Å². The quantitative estimate of drug-likeness (QED) is 0.634. The van der Waals surface area contributed by atoms with Crippen molar-refractivity contribution in [1.29, 1.82) is 0 Å². The van der Waals surface area contributed by atoms with Crippen molar-refractivity contribution < 1.29 is 19.2 Å². The highest BCUT2D eigenvalue weighted by molar-refractivity contribution is 5.79. The molecule has 1 saturated heterocycles. The number of nitrogens with zero attached hydrogens (tertiary/aromatic N) is 2. The van der Waals surface area contributed by atoms with Gasteiger partial charge in [0, 0.05) is 44.5 Å². The van der Waals surface area contributed by atoms with Gasteiger partial charge in [-0.25, -0.2) is 4.57 Å². The van der Waals surface area contributed by atoms with E-state index in [4.69, 9.17) is 4.74 Å². The molecule has 1 aromatic heterocycles. The summed E-state index contributed by atoms with van der Waals surface area (Å²) in [4.78, 5) is 13.7. The summed E-state index contributed by atoms with van der Waals surface area (Å²) >= 11 is 0. The van der Waals surface area contributed by atoms with E-state index in [-0.39, 0.29) is 17.9 Å². The van der Waals surface area contributed by atoms with Crippen molar-refractivity contribution in [2.45, 2.75) is 45.1 Å². The number of aliphatic hydroxyl groups is 1. The number of hydrogen-bond donors (Lipinski definition) is 1. The summed E-state index contributed by atoms with van der Waals surface area (Å²) in [5, 5.41) is 10.0. The number of likely N-dealkylation sites (tertiary alicyclic amines) is 1. The number of aromatic nitrogens is 1. The van der Waals surface area contributed by atoms with Crippen molar-refractivity contribution >= 4 is 5.91 Å². The summed E-state index contributed by atoms with van der Waals surface area (Å²) in [6.45, 7) is 3.13. The molecule has 1 N–H and O–H groups in total. The van der Waals surface area contributed by atoms with Crippen LogP contribution >= 0.6 is 0 Å². The molecular weight excluding hydrogens is 268 g/mol. The Morgan fingerprint density at radius 1 is 1.57 bits per heavy atom. The fourth-order valence-electron chi connectivity index (χ4n) is 3.00. The average molecular weight is 293 g/mol. The molecule has 21 heavy (non-hydrogen) atoms. The molecular formula is C16H25N2O3+. The SMILES string of the molecule is CCCC[n+]1cccc(C2C(C(O)OC)CC(=O)N2C)c1. The molecule has 5 heteroatoms. The predicted molar refractivity (Wildman–Crippen MR) is 78.2 cm³/mol. The van der Waals surface area contributed by atoms with Crippen LogP contribution in [-0.4, -0.2) is 36.4 Å². The molecule has 0 aromatic carbocycles. The lowest BCUT2D eigenvalue weighted by Gasteiger charge is -2.26. The maximum atomic E-state index is 12.0. The van der Waals surface area contributed by atoms with Gasteiger partial charge in [0.25, 0.3) is 0 Å². The minimum atomic E-state index is -0.923. The number of carbonyl (C=O) groups is 1. The number of aliphatic hydroxyl groups excluding tert-OH is 1. The second kappa shape index (κ2) is 7.00. The lowest BCUT2D eigenvalue weighted by Crippen LogP contribution is -2.36. The Labute approximate surface area is 126 Å². The largest absolute Gasteiger partial charge is 0.368 e. The zero-order chi connectivity index (χ0) is 15.4. The third kappa shape index (κ3) is 3.41. The zero-order valence-corrected chi connectivity index (χ0v) is 13.0. The van der Waals surface area contributed by atoms with Crippen LogP contribution in [0.5, 0.6) is 0 Å². The minimum Gasteiger partial charge on any atom is -0.368 e. The lowest BCUT2D eigenvalue weighted by molar-refractivity contribution is -0.697. The van der Waals surface area contributed by atoms with Crippen LogP contribution in [0.25, 0.3) is 0 Å². The van der Waals surface area contributed by atoms with Gasteiger partial charge in [-0.15, -0.1) is 0 Å². The van der Waals surface area contributed by atoms with E-state index < -0.39 is 6.29 Å². The van der Waals surface area contributed by atoms with Gasteiger partial charge < -0.3 is 14.7 Å². The fourth-order valence-corrected chi connectivity index (χ4v) is 3.00. The van der Waals surface area contributed by atoms with E-state index in [1.807, 2.05) is 18.3 Å². The van der Waals surface area contributed by atoms with Gasteiger partial charge >= 0.3 is 0 Å². The van der Waals surface area contributed by atoms with Gasteiger partial charge in [-0.1, -0.05) is 13.3 Å². The molecule has 3 unspecified atom stereocenters. The molecule has 1 amide bonds. The molecule has 0 spiro atoms. The highest BCUT2D eigenvalue weighted by atomic mass is 16.6. The van der Waals surface area contributed by atoms with Gasteiger partial charge in [0.15, 0.2) is 18.7 Å². The number of hydrogen-bond acceptors (Lipinski definition) is 3. The second-order valence-electron chi connectivity index (χ2n) is 5.67. The number of amides is 1. The van der Waals surface area contributed by atoms with Crippen LogP contribution in [0.3, 0.4) is 0 Å². The maximum absolute atomic E-state index is 12.0. The fraction of sp³-hybridized carbons (Fsp3) is 0.625. The highest BCUT2D eigenvalue weighted by Crippen LogP contribution is 2.38. The first kappa shape index (κ1) is 15.9. The van der Waals surface area contributed by atoms with Crippen molar-refractivity contribution in [2.75, 3.05) is 14.2 Å². The van der Waals surface area contributed by atoms with Crippen LogP contribution < -0.4 is 4.57 Å². The zero-order valence-electron chi connectivity index (χ0n) is 13.0. The van der Waals surface area contributed by atoms with Crippen molar-refractivity contribution in [2.24, 2.45) is 5.92 Å². The van der Waals surface area contributed by atoms with Gasteiger partial charge in [-0.3, -0.25) is 4.79 Å². The Bertz CT molecular complexity index is 492. The summed E-state index contributed by atoms with van der Waals surface area (Å²) in [6, 6.07) is 3.87. The number of carbonyl (C=O) groups excluding carboxylic acids is 1. The normalized spacial score (nSPS) is 23.6. The average Bonchev–Trinajstić information content (AvgIpc) is 2.80. The van der Waals surface area contributed by atoms with E-state index in [0.29, 0.717) is 6.42 Å². The number of pyridine rings is 1. The number of methoxy groups -OCH3 is 1. The Morgan fingerprint density at radius 2 is 2.33 bits per heavy atom. The molecule has 2 rings (SSSR count). The van der Waals surface area contributed by atoms with E-state index in [0.717, 1.165) is 24.9 Å². The summed E-state index contributed by atoms with van der Waals surface area (Å²) < 4.78 is 7.19. The van der Waals surface area contributed by atoms with Crippen LogP contribution in [0.15, 0.2) is 24.5 Å². The lowest BCUT2D eigenvalue weighted by atomic mass is 9.94. The first-order chi connectivity index (χ1) is 10.1. The second-order valence-corrected chi connectivity index (χ2v) is 5.67. The summed E-state index contributed by atoms with van der Waals surface area (Å²) in [5.41, 5.74) is 1.04. The molecule has 0 saturated carbocycles. The number of ether oxygens (including phenoxy) is 1. The number of aryl methyl sites for hydroxylation is 1. The molecule has 1 aliphatic rings. The Hall–Kier alpha value is -1.46. The van der Waals surface area contributed by atoms with Crippen molar-refractivity contribution in [3.05, 3.63) is 30.1 Å². The van der Waals surface area contributed by atoms with E-state index >= 15 is 0 Å². The molecule has 5 nitrogen and oxygen atoms in total. The molecule has 1 aromatic rings. The standard InChI is InChI=1S/C16H25N2O3/c1-4-5-8-18-9-6-7-12(11-18)15-13(16(20)21-3)10-14(19)17(15)2/h6-7,9,11,13,15-16,20H,4-5,8,10H2,1-3H3/q+1. The first-order valence-corrected chi connectivity index (χ1v) is 7.54. The van der Waals surface area contributed by atoms with Gasteiger partial charge in [-0.05, 0) is 6.07 Å². The molecule has 0 aliphatic carbocycles. The van der Waals surface area contributed by atoms with Crippen LogP contribution in [0.2, 0.25) is 0 Å². The molecule has 2 heterocycles. The third-order valence-electron chi connectivity index (χ3n) is 4.23. The molecule has 1 aliphatic heterocycles. The molecule has 3 atom stereocenters. The van der Waals surface area contributed by atoms with E-state index in [2.05, 4.69) is 17.7 Å². The maximum Gasteiger partial charge on any atom is 0.223 e. The Morgan fingerprint density at radius 3 is 3.00 bits per heavy atom. The van der Waals surface area contributed by atoms with Crippen LogP contribution in [-0.2, 0) is 16.1 Å². The number of rotatable bonds is 6. The first-order valence-electron chi connectivity index (χ1n) is 7.54. The summed E-state index contributed by atoms with van der Waals surface area (Å²) in [7, 11) is 3.26. The number of unbranched alkanes of at least 4 members (excludes halogenated alkanes) is 1. The summed E-state index contributed by atoms with van der Waals surface area (Å²) in [6.07, 6.45) is 5.78. The molecule has 0 radical (unpaired) electrons. The topological polar surface area (TPSA) is 53.7 Å². The van der Waals surface area contributed by atoms with E-state index in [1.165, 1.54) is 7.11 Å². The van der Waals surface area contributed by atoms with Crippen molar-refractivity contribution in [1.82, 2.24) is 4.90 Å². The van der Waals surface area contributed by atoms with Crippen LogP contribution in [0.4, 0.5) is 0 Å². The summed E-state index contributed by atoms with van der Waals surface area (Å²) in [5.74, 6) is -0.181. The smallest absolute Gasteiger partial charge is 0.223 e. The van der Waals surface area contributed by atoms with Crippen molar-refractivity contribution in [3.8, 4) is 0 Å². The highest BCUT2D eigenvalue weighted by Gasteiger charge is 2.43. The molecule has 1 fully saturated rings. The Balaban J connectivity index is 2.26. The van der Waals surface area contributed by atoms with Gasteiger partial charge in [-0.2, -0.15) is 0 Å².